The predicted molar refractivity (Wildman–Crippen MR) is 116 cm³/mol. The fraction of sp³-hybridized carbons (Fsp3) is 0.158. The van der Waals surface area contributed by atoms with Crippen LogP contribution in [0.2, 0.25) is 10.0 Å². The van der Waals surface area contributed by atoms with E-state index >= 15 is 0 Å². The van der Waals surface area contributed by atoms with Crippen LogP contribution in [0.15, 0.2) is 58.8 Å². The van der Waals surface area contributed by atoms with E-state index in [0.29, 0.717) is 28.7 Å². The molecule has 29 heavy (non-hydrogen) atoms. The van der Waals surface area contributed by atoms with Crippen LogP contribution in [0, 0.1) is 0 Å². The molecule has 0 aliphatic rings. The summed E-state index contributed by atoms with van der Waals surface area (Å²) in [5, 5.41) is 5.78. The average molecular weight is 470 g/mol. The van der Waals surface area contributed by atoms with E-state index in [0.717, 1.165) is 16.9 Å². The summed E-state index contributed by atoms with van der Waals surface area (Å²) < 4.78 is 27.1. The molecule has 0 saturated carbocycles. The minimum absolute atomic E-state index is 0.0535. The number of aromatic nitrogens is 1. The molecule has 1 aromatic heterocycles. The number of thiazole rings is 1. The first kappa shape index (κ1) is 21.6. The number of hydrogen-bond acceptors (Lipinski definition) is 5. The molecule has 6 nitrogen and oxygen atoms in total. The summed E-state index contributed by atoms with van der Waals surface area (Å²) in [6, 6.07) is 13.2. The zero-order chi connectivity index (χ0) is 20.9. The highest BCUT2D eigenvalue weighted by Gasteiger charge is 2.16. The van der Waals surface area contributed by atoms with Gasteiger partial charge in [0.1, 0.15) is 0 Å². The van der Waals surface area contributed by atoms with E-state index < -0.39 is 10.0 Å². The van der Waals surface area contributed by atoms with Crippen LogP contribution in [0.3, 0.4) is 0 Å². The lowest BCUT2D eigenvalue weighted by Crippen LogP contribution is -2.27. The average Bonchev–Trinajstić information content (AvgIpc) is 3.10. The third kappa shape index (κ3) is 6.17. The first-order chi connectivity index (χ1) is 13.8. The summed E-state index contributed by atoms with van der Waals surface area (Å²) in [7, 11) is -3.71. The van der Waals surface area contributed by atoms with Gasteiger partial charge in [0.05, 0.1) is 17.0 Å². The molecule has 1 heterocycles. The van der Waals surface area contributed by atoms with Crippen molar-refractivity contribution in [3.8, 4) is 0 Å². The highest BCUT2D eigenvalue weighted by Crippen LogP contribution is 2.22. The Morgan fingerprint density at radius 3 is 2.59 bits per heavy atom. The Balaban J connectivity index is 1.51. The van der Waals surface area contributed by atoms with Gasteiger partial charge in [0.25, 0.3) is 10.0 Å². The Bertz CT molecular complexity index is 1100. The van der Waals surface area contributed by atoms with Gasteiger partial charge in [-0.2, -0.15) is 0 Å². The molecule has 10 heteroatoms. The Morgan fingerprint density at radius 1 is 1.10 bits per heavy atom. The zero-order valence-electron chi connectivity index (χ0n) is 15.1. The maximum atomic E-state index is 12.3. The van der Waals surface area contributed by atoms with E-state index in [1.54, 1.807) is 35.7 Å². The van der Waals surface area contributed by atoms with Gasteiger partial charge in [-0.3, -0.25) is 9.52 Å². The Hall–Kier alpha value is -2.13. The smallest absolute Gasteiger partial charge is 0.263 e. The van der Waals surface area contributed by atoms with Crippen LogP contribution in [0.4, 0.5) is 5.13 Å². The molecular weight excluding hydrogens is 453 g/mol. The number of sulfonamides is 1. The molecule has 0 atom stereocenters. The van der Waals surface area contributed by atoms with Crippen LogP contribution >= 0.6 is 34.5 Å². The summed E-state index contributed by atoms with van der Waals surface area (Å²) in [5.41, 5.74) is 1.38. The second-order valence-electron chi connectivity index (χ2n) is 6.08. The molecule has 0 radical (unpaired) electrons. The first-order valence-electron chi connectivity index (χ1n) is 8.56. The molecule has 2 aromatic carbocycles. The summed E-state index contributed by atoms with van der Waals surface area (Å²) in [5.74, 6) is -0.210. The number of nitrogens with zero attached hydrogens (tertiary/aromatic N) is 1. The zero-order valence-corrected chi connectivity index (χ0v) is 18.2. The van der Waals surface area contributed by atoms with Crippen LogP contribution < -0.4 is 10.0 Å². The highest BCUT2D eigenvalue weighted by molar-refractivity contribution is 7.93. The molecule has 0 fully saturated rings. The maximum Gasteiger partial charge on any atom is 0.263 e. The predicted octanol–water partition coefficient (Wildman–Crippen LogP) is 4.15. The molecular formula is C19H17Cl2N3O3S2. The molecule has 1 amide bonds. The SMILES string of the molecule is O=C(Cc1csc(NS(=O)(=O)c2ccccc2)n1)NCCc1ccc(Cl)cc1Cl. The number of benzene rings is 2. The molecule has 3 rings (SSSR count). The van der Waals surface area contributed by atoms with Crippen molar-refractivity contribution < 1.29 is 13.2 Å². The normalized spacial score (nSPS) is 11.2. The van der Waals surface area contributed by atoms with Crippen molar-refractivity contribution in [2.75, 3.05) is 11.3 Å². The van der Waals surface area contributed by atoms with E-state index in [4.69, 9.17) is 23.2 Å². The van der Waals surface area contributed by atoms with Crippen LogP contribution in [-0.2, 0) is 27.7 Å². The van der Waals surface area contributed by atoms with Gasteiger partial charge in [0, 0.05) is 22.0 Å². The Kier molecular flexibility index (Phi) is 7.13. The van der Waals surface area contributed by atoms with Gasteiger partial charge in [-0.1, -0.05) is 47.5 Å². The molecule has 152 valence electrons. The molecule has 0 aliphatic heterocycles. The van der Waals surface area contributed by atoms with Crippen LogP contribution in [0.25, 0.3) is 0 Å². The Morgan fingerprint density at radius 2 is 1.86 bits per heavy atom. The van der Waals surface area contributed by atoms with Crippen molar-refractivity contribution >= 4 is 55.6 Å². The third-order valence-electron chi connectivity index (χ3n) is 3.90. The van der Waals surface area contributed by atoms with Crippen molar-refractivity contribution in [3.05, 3.63) is 75.2 Å². The summed E-state index contributed by atoms with van der Waals surface area (Å²) in [6.45, 7) is 0.415. The van der Waals surface area contributed by atoms with Crippen molar-refractivity contribution in [2.45, 2.75) is 17.7 Å². The number of rotatable bonds is 8. The Labute approximate surface area is 182 Å². The fourth-order valence-corrected chi connectivity index (χ4v) is 4.98. The lowest BCUT2D eigenvalue weighted by Gasteiger charge is -2.06. The van der Waals surface area contributed by atoms with Gasteiger partial charge in [0.2, 0.25) is 5.91 Å². The molecule has 0 unspecified atom stereocenters. The van der Waals surface area contributed by atoms with Gasteiger partial charge in [-0.15, -0.1) is 11.3 Å². The summed E-state index contributed by atoms with van der Waals surface area (Å²) in [4.78, 5) is 16.4. The van der Waals surface area contributed by atoms with Gasteiger partial charge in [0.15, 0.2) is 5.13 Å². The topological polar surface area (TPSA) is 88.2 Å². The monoisotopic (exact) mass is 469 g/mol. The van der Waals surface area contributed by atoms with E-state index in [-0.39, 0.29) is 22.4 Å². The van der Waals surface area contributed by atoms with Crippen molar-refractivity contribution in [1.82, 2.24) is 10.3 Å². The molecule has 2 N–H and O–H groups in total. The molecule has 0 saturated heterocycles. The first-order valence-corrected chi connectivity index (χ1v) is 11.7. The van der Waals surface area contributed by atoms with Crippen molar-refractivity contribution in [3.63, 3.8) is 0 Å². The standard InChI is InChI=1S/C19H17Cl2N3O3S2/c20-14-7-6-13(17(21)10-14)8-9-22-18(25)11-15-12-28-19(23-15)24-29(26,27)16-4-2-1-3-5-16/h1-7,10,12H,8-9,11H2,(H,22,25)(H,23,24). The lowest BCUT2D eigenvalue weighted by atomic mass is 10.1. The van der Waals surface area contributed by atoms with E-state index in [1.165, 1.54) is 12.1 Å². The number of carbonyl (C=O) groups is 1. The third-order valence-corrected chi connectivity index (χ3v) is 6.78. The van der Waals surface area contributed by atoms with Crippen LogP contribution in [0.5, 0.6) is 0 Å². The number of carbonyl (C=O) groups excluding carboxylic acids is 1. The maximum absolute atomic E-state index is 12.3. The minimum atomic E-state index is -3.71. The van der Waals surface area contributed by atoms with Crippen molar-refractivity contribution in [1.29, 1.82) is 0 Å². The molecule has 0 spiro atoms. The number of hydrogen-bond donors (Lipinski definition) is 2. The quantitative estimate of drug-likeness (QED) is 0.518. The van der Waals surface area contributed by atoms with E-state index in [2.05, 4.69) is 15.0 Å². The molecule has 3 aromatic rings. The van der Waals surface area contributed by atoms with Gasteiger partial charge in [-0.25, -0.2) is 13.4 Å². The van der Waals surface area contributed by atoms with E-state index in [9.17, 15) is 13.2 Å². The molecule has 0 bridgehead atoms. The number of amides is 1. The van der Waals surface area contributed by atoms with Gasteiger partial charge in [-0.05, 0) is 36.2 Å². The minimum Gasteiger partial charge on any atom is -0.355 e. The number of anilines is 1. The lowest BCUT2D eigenvalue weighted by molar-refractivity contribution is -0.120. The fourth-order valence-electron chi connectivity index (χ4n) is 2.50. The van der Waals surface area contributed by atoms with Crippen molar-refractivity contribution in [2.24, 2.45) is 0 Å². The van der Waals surface area contributed by atoms with Crippen LogP contribution in [0.1, 0.15) is 11.3 Å². The largest absolute Gasteiger partial charge is 0.355 e. The second kappa shape index (κ2) is 9.58. The van der Waals surface area contributed by atoms with Crippen LogP contribution in [-0.4, -0.2) is 25.9 Å². The van der Waals surface area contributed by atoms with Gasteiger partial charge >= 0.3 is 0 Å². The number of halogens is 2. The number of nitrogens with one attached hydrogen (secondary N) is 2. The summed E-state index contributed by atoms with van der Waals surface area (Å²) >= 11 is 13.1. The molecule has 0 aliphatic carbocycles. The summed E-state index contributed by atoms with van der Waals surface area (Å²) in [6.07, 6.45) is 0.624. The highest BCUT2D eigenvalue weighted by atomic mass is 35.5. The second-order valence-corrected chi connectivity index (χ2v) is 9.46. The van der Waals surface area contributed by atoms with Gasteiger partial charge < -0.3 is 5.32 Å². The van der Waals surface area contributed by atoms with E-state index in [1.807, 2.05) is 6.07 Å².